The molecule has 0 saturated carbocycles. The molecule has 0 bridgehead atoms. The number of ether oxygens (including phenoxy) is 3. The normalized spacial score (nSPS) is 16.0. The minimum Gasteiger partial charge on any atom is -0.493 e. The lowest BCUT2D eigenvalue weighted by molar-refractivity contribution is -0.143. The summed E-state index contributed by atoms with van der Waals surface area (Å²) in [7, 11) is 1.58. The number of hydrogen-bond acceptors (Lipinski definition) is 7. The summed E-state index contributed by atoms with van der Waals surface area (Å²) in [6, 6.07) is 5.09. The number of aromatic nitrogens is 3. The van der Waals surface area contributed by atoms with Crippen LogP contribution >= 0.6 is 0 Å². The first-order valence-electron chi connectivity index (χ1n) is 8.85. The summed E-state index contributed by atoms with van der Waals surface area (Å²) >= 11 is 0. The summed E-state index contributed by atoms with van der Waals surface area (Å²) < 4.78 is 18.2. The zero-order valence-electron chi connectivity index (χ0n) is 16.1. The van der Waals surface area contributed by atoms with E-state index in [2.05, 4.69) is 15.4 Å². The number of benzene rings is 1. The second-order valence-corrected chi connectivity index (χ2v) is 6.39. The molecule has 2 aromatic rings. The van der Waals surface area contributed by atoms with Crippen LogP contribution in [-0.2, 0) is 9.53 Å². The van der Waals surface area contributed by atoms with Crippen LogP contribution in [0.15, 0.2) is 35.8 Å². The van der Waals surface area contributed by atoms with E-state index in [4.69, 9.17) is 14.2 Å². The van der Waals surface area contributed by atoms with Gasteiger partial charge < -0.3 is 19.5 Å². The maximum absolute atomic E-state index is 12.8. The molecule has 2 heterocycles. The van der Waals surface area contributed by atoms with E-state index in [1.807, 2.05) is 45.9 Å². The van der Waals surface area contributed by atoms with E-state index >= 15 is 0 Å². The quantitative estimate of drug-likeness (QED) is 0.780. The fraction of sp³-hybridized carbons (Fsp3) is 0.421. The van der Waals surface area contributed by atoms with Crippen molar-refractivity contribution in [3.05, 3.63) is 41.4 Å². The molecule has 1 aliphatic heterocycles. The third-order valence-electron chi connectivity index (χ3n) is 4.16. The average molecular weight is 372 g/mol. The Hall–Kier alpha value is -3.03. The van der Waals surface area contributed by atoms with Gasteiger partial charge in [-0.25, -0.2) is 9.48 Å². The van der Waals surface area contributed by atoms with Crippen LogP contribution in [-0.4, -0.2) is 40.6 Å². The molecule has 0 amide bonds. The Morgan fingerprint density at radius 1 is 1.33 bits per heavy atom. The highest BCUT2D eigenvalue weighted by Gasteiger charge is 2.35. The van der Waals surface area contributed by atoms with Crippen molar-refractivity contribution in [1.29, 1.82) is 0 Å². The number of fused-ring (bicyclic) bond motifs is 1. The third kappa shape index (κ3) is 3.60. The monoisotopic (exact) mass is 372 g/mol. The molecule has 144 valence electrons. The number of allylic oxidation sites excluding steroid dienone is 1. The summed E-state index contributed by atoms with van der Waals surface area (Å²) in [6.45, 7) is 7.91. The van der Waals surface area contributed by atoms with Gasteiger partial charge in [0.05, 0.1) is 25.4 Å². The third-order valence-corrected chi connectivity index (χ3v) is 4.16. The standard InChI is InChI=1S/C19H24N4O4/c1-6-26-14-8-7-13(9-15(14)25-5)17-16(18(24)27-11(2)3)12(4)22-19-20-10-21-23(17)19/h7-11,17H,6H2,1-5H3,(H,20,21,22)/t17-/m0/s1. The van der Waals surface area contributed by atoms with E-state index in [-0.39, 0.29) is 6.10 Å². The second kappa shape index (κ2) is 7.69. The van der Waals surface area contributed by atoms with Crippen molar-refractivity contribution in [1.82, 2.24) is 14.8 Å². The van der Waals surface area contributed by atoms with Gasteiger partial charge in [-0.15, -0.1) is 0 Å². The fourth-order valence-corrected chi connectivity index (χ4v) is 3.07. The Bertz CT molecular complexity index is 872. The molecule has 1 aromatic heterocycles. The van der Waals surface area contributed by atoms with Crippen LogP contribution in [0.2, 0.25) is 0 Å². The van der Waals surface area contributed by atoms with Crippen molar-refractivity contribution in [2.24, 2.45) is 0 Å². The predicted octanol–water partition coefficient (Wildman–Crippen LogP) is 2.93. The Labute approximate surface area is 158 Å². The van der Waals surface area contributed by atoms with Crippen LogP contribution in [0.4, 0.5) is 5.95 Å². The Morgan fingerprint density at radius 2 is 2.11 bits per heavy atom. The topological polar surface area (TPSA) is 87.5 Å². The molecule has 3 rings (SSSR count). The number of hydrogen-bond donors (Lipinski definition) is 1. The van der Waals surface area contributed by atoms with Gasteiger partial charge in [0.25, 0.3) is 0 Å². The Kier molecular flexibility index (Phi) is 5.34. The second-order valence-electron chi connectivity index (χ2n) is 6.39. The largest absolute Gasteiger partial charge is 0.493 e. The van der Waals surface area contributed by atoms with E-state index in [1.165, 1.54) is 6.33 Å². The van der Waals surface area contributed by atoms with Gasteiger partial charge in [-0.2, -0.15) is 10.1 Å². The predicted molar refractivity (Wildman–Crippen MR) is 99.9 cm³/mol. The van der Waals surface area contributed by atoms with Gasteiger partial charge in [0.15, 0.2) is 11.5 Å². The fourth-order valence-electron chi connectivity index (χ4n) is 3.07. The number of methoxy groups -OCH3 is 1. The highest BCUT2D eigenvalue weighted by atomic mass is 16.5. The average Bonchev–Trinajstić information content (AvgIpc) is 3.08. The minimum absolute atomic E-state index is 0.231. The van der Waals surface area contributed by atoms with Crippen LogP contribution in [0.25, 0.3) is 0 Å². The summed E-state index contributed by atoms with van der Waals surface area (Å²) in [6.07, 6.45) is 1.22. The SMILES string of the molecule is CCOc1ccc([C@H]2C(C(=O)OC(C)C)=C(C)Nc3ncnn32)cc1OC. The maximum atomic E-state index is 12.8. The molecule has 1 atom stereocenters. The molecule has 0 spiro atoms. The Balaban J connectivity index is 2.11. The molecule has 8 nitrogen and oxygen atoms in total. The van der Waals surface area contributed by atoms with E-state index < -0.39 is 12.0 Å². The van der Waals surface area contributed by atoms with Gasteiger partial charge in [0.1, 0.15) is 12.4 Å². The lowest BCUT2D eigenvalue weighted by Gasteiger charge is -2.29. The molecule has 1 aromatic carbocycles. The van der Waals surface area contributed by atoms with Crippen molar-refractivity contribution in [2.75, 3.05) is 19.0 Å². The number of carbonyl (C=O) groups excluding carboxylic acids is 1. The molecule has 8 heteroatoms. The summed E-state index contributed by atoms with van der Waals surface area (Å²) in [5.41, 5.74) is 1.98. The molecule has 0 aliphatic carbocycles. The number of carbonyl (C=O) groups is 1. The van der Waals surface area contributed by atoms with Crippen LogP contribution in [0.3, 0.4) is 0 Å². The van der Waals surface area contributed by atoms with Gasteiger partial charge >= 0.3 is 5.97 Å². The highest BCUT2D eigenvalue weighted by molar-refractivity contribution is 5.92. The van der Waals surface area contributed by atoms with E-state index in [9.17, 15) is 4.79 Å². The van der Waals surface area contributed by atoms with E-state index in [1.54, 1.807) is 11.8 Å². The van der Waals surface area contributed by atoms with E-state index in [0.29, 0.717) is 35.3 Å². The number of anilines is 1. The van der Waals surface area contributed by atoms with Crippen LogP contribution in [0.5, 0.6) is 11.5 Å². The molecule has 0 radical (unpaired) electrons. The lowest BCUT2D eigenvalue weighted by Crippen LogP contribution is -2.30. The van der Waals surface area contributed by atoms with Crippen LogP contribution in [0, 0.1) is 0 Å². The minimum atomic E-state index is -0.487. The molecule has 0 fully saturated rings. The van der Waals surface area contributed by atoms with Crippen LogP contribution in [0.1, 0.15) is 39.3 Å². The smallest absolute Gasteiger partial charge is 0.338 e. The molecular weight excluding hydrogens is 348 g/mol. The van der Waals surface area contributed by atoms with Crippen molar-refractivity contribution in [3.63, 3.8) is 0 Å². The number of nitrogens with one attached hydrogen (secondary N) is 1. The first-order chi connectivity index (χ1) is 13.0. The van der Waals surface area contributed by atoms with Crippen molar-refractivity contribution < 1.29 is 19.0 Å². The first kappa shape index (κ1) is 18.8. The number of rotatable bonds is 6. The molecular formula is C19H24N4O4. The van der Waals surface area contributed by atoms with Crippen molar-refractivity contribution in [3.8, 4) is 11.5 Å². The van der Waals surface area contributed by atoms with Gasteiger partial charge in [0, 0.05) is 5.70 Å². The molecule has 0 unspecified atom stereocenters. The van der Waals surface area contributed by atoms with Crippen molar-refractivity contribution >= 4 is 11.9 Å². The molecule has 1 N–H and O–H groups in total. The number of esters is 1. The zero-order valence-corrected chi connectivity index (χ0v) is 16.1. The summed E-state index contributed by atoms with van der Waals surface area (Å²) in [4.78, 5) is 17.0. The van der Waals surface area contributed by atoms with Gasteiger partial charge in [-0.05, 0) is 45.4 Å². The Morgan fingerprint density at radius 3 is 2.78 bits per heavy atom. The molecule has 0 saturated heterocycles. The zero-order chi connectivity index (χ0) is 19.6. The van der Waals surface area contributed by atoms with Gasteiger partial charge in [-0.1, -0.05) is 6.07 Å². The maximum Gasteiger partial charge on any atom is 0.338 e. The number of nitrogens with zero attached hydrogens (tertiary/aromatic N) is 3. The highest BCUT2D eigenvalue weighted by Crippen LogP contribution is 2.38. The molecule has 27 heavy (non-hydrogen) atoms. The summed E-state index contributed by atoms with van der Waals surface area (Å²) in [5.74, 6) is 1.40. The first-order valence-corrected chi connectivity index (χ1v) is 8.85. The van der Waals surface area contributed by atoms with E-state index in [0.717, 1.165) is 5.56 Å². The summed E-state index contributed by atoms with van der Waals surface area (Å²) in [5, 5.41) is 7.42. The van der Waals surface area contributed by atoms with Gasteiger partial charge in [0.2, 0.25) is 5.95 Å². The van der Waals surface area contributed by atoms with Gasteiger partial charge in [-0.3, -0.25) is 0 Å². The van der Waals surface area contributed by atoms with Crippen LogP contribution < -0.4 is 14.8 Å². The van der Waals surface area contributed by atoms with Crippen molar-refractivity contribution in [2.45, 2.75) is 39.8 Å². The molecule has 1 aliphatic rings. The lowest BCUT2D eigenvalue weighted by atomic mass is 9.95.